The van der Waals surface area contributed by atoms with Crippen LogP contribution in [0.1, 0.15) is 24.8 Å². The van der Waals surface area contributed by atoms with Gasteiger partial charge >= 0.3 is 0 Å². The van der Waals surface area contributed by atoms with Crippen LogP contribution >= 0.6 is 0 Å². The van der Waals surface area contributed by atoms with Crippen LogP contribution in [0.3, 0.4) is 0 Å². The predicted molar refractivity (Wildman–Crippen MR) is 78.7 cm³/mol. The maximum absolute atomic E-state index is 3.91. The summed E-state index contributed by atoms with van der Waals surface area (Å²) in [6, 6.07) is 15.1. The monoisotopic (exact) mass is 236 g/mol. The number of aromatic amines is 1. The Bertz CT molecular complexity index is 663. The van der Waals surface area contributed by atoms with E-state index in [9.17, 15) is 0 Å². The van der Waals surface area contributed by atoms with Crippen molar-refractivity contribution in [3.8, 4) is 0 Å². The molecule has 0 atom stereocenters. The number of fused-ring (bicyclic) bond motifs is 3. The summed E-state index contributed by atoms with van der Waals surface area (Å²) in [7, 11) is 0. The molecule has 1 heterocycles. The smallest absolute Gasteiger partial charge is 0.0497 e. The van der Waals surface area contributed by atoms with E-state index in [-0.39, 0.29) is 0 Å². The number of hydrogen-bond acceptors (Lipinski definition) is 0. The molecule has 2 aromatic carbocycles. The van der Waals surface area contributed by atoms with Crippen molar-refractivity contribution < 1.29 is 0 Å². The average molecular weight is 236 g/mol. The minimum absolute atomic E-state index is 1.03. The van der Waals surface area contributed by atoms with E-state index in [1.807, 2.05) is 0 Å². The highest BCUT2D eigenvalue weighted by Crippen LogP contribution is 2.28. The first kappa shape index (κ1) is 11.3. The molecule has 0 spiro atoms. The minimum Gasteiger partial charge on any atom is -0.354 e. The first-order valence-corrected chi connectivity index (χ1v) is 6.67. The van der Waals surface area contributed by atoms with E-state index >= 15 is 0 Å². The molecule has 1 nitrogen and oxygen atoms in total. The van der Waals surface area contributed by atoms with Crippen molar-refractivity contribution in [3.63, 3.8) is 0 Å². The van der Waals surface area contributed by atoms with Crippen LogP contribution in [0, 0.1) is 6.92 Å². The number of aromatic nitrogens is 1. The Kier molecular flexibility index (Phi) is 3.06. The number of para-hydroxylation sites is 2. The van der Waals surface area contributed by atoms with Gasteiger partial charge in [-0.25, -0.2) is 0 Å². The fraction of sp³-hybridized carbons (Fsp3) is 0.235. The summed E-state index contributed by atoms with van der Waals surface area (Å²) < 4.78 is 0. The van der Waals surface area contributed by atoms with Gasteiger partial charge in [0.1, 0.15) is 0 Å². The van der Waals surface area contributed by atoms with Gasteiger partial charge in [-0.2, -0.15) is 0 Å². The average Bonchev–Trinajstić information content (AvgIpc) is 2.79. The summed E-state index contributed by atoms with van der Waals surface area (Å²) in [6.45, 7) is 3.91. The maximum atomic E-state index is 3.91. The molecule has 0 fully saturated rings. The third kappa shape index (κ3) is 1.90. The second kappa shape index (κ2) is 4.85. The highest BCUT2D eigenvalue weighted by Gasteiger charge is 2.06. The summed E-state index contributed by atoms with van der Waals surface area (Å²) in [4.78, 5) is 3.56. The molecule has 0 aliphatic heterocycles. The van der Waals surface area contributed by atoms with Crippen LogP contribution in [0.15, 0.2) is 42.5 Å². The maximum Gasteiger partial charge on any atom is 0.0497 e. The first-order valence-electron chi connectivity index (χ1n) is 6.67. The third-order valence-corrected chi connectivity index (χ3v) is 3.57. The second-order valence-electron chi connectivity index (χ2n) is 4.82. The topological polar surface area (TPSA) is 15.8 Å². The summed E-state index contributed by atoms with van der Waals surface area (Å²) in [5.41, 5.74) is 3.97. The van der Waals surface area contributed by atoms with Gasteiger partial charge in [0.25, 0.3) is 0 Å². The van der Waals surface area contributed by atoms with Crippen molar-refractivity contribution in [2.24, 2.45) is 0 Å². The normalized spacial score (nSPS) is 11.4. The van der Waals surface area contributed by atoms with Gasteiger partial charge in [0.05, 0.1) is 0 Å². The summed E-state index contributed by atoms with van der Waals surface area (Å²) >= 11 is 0. The molecule has 1 heteroatoms. The quantitative estimate of drug-likeness (QED) is 0.622. The van der Waals surface area contributed by atoms with E-state index in [0.717, 1.165) is 12.8 Å². The van der Waals surface area contributed by atoms with Crippen LogP contribution in [-0.4, -0.2) is 4.98 Å². The molecule has 18 heavy (non-hydrogen) atoms. The molecule has 0 bridgehead atoms. The van der Waals surface area contributed by atoms with Gasteiger partial charge in [-0.05, 0) is 24.5 Å². The molecule has 0 amide bonds. The van der Waals surface area contributed by atoms with Crippen LogP contribution < -0.4 is 0 Å². The van der Waals surface area contributed by atoms with E-state index in [2.05, 4.69) is 54.4 Å². The second-order valence-corrected chi connectivity index (χ2v) is 4.82. The van der Waals surface area contributed by atoms with E-state index in [1.54, 1.807) is 0 Å². The van der Waals surface area contributed by atoms with Crippen molar-refractivity contribution >= 4 is 21.8 Å². The number of benzene rings is 2. The van der Waals surface area contributed by atoms with Gasteiger partial charge in [0.15, 0.2) is 0 Å². The molecule has 91 valence electrons. The molecule has 3 rings (SSSR count). The Morgan fingerprint density at radius 2 is 1.72 bits per heavy atom. The summed E-state index contributed by atoms with van der Waals surface area (Å²) in [6.07, 6.45) is 4.59. The lowest BCUT2D eigenvalue weighted by Crippen LogP contribution is -1.87. The molecule has 0 saturated carbocycles. The molecule has 3 aromatic rings. The van der Waals surface area contributed by atoms with Crippen LogP contribution in [0.4, 0.5) is 0 Å². The lowest BCUT2D eigenvalue weighted by atomic mass is 10.0. The van der Waals surface area contributed by atoms with E-state index in [1.165, 1.54) is 40.2 Å². The molecule has 0 unspecified atom stereocenters. The van der Waals surface area contributed by atoms with Crippen molar-refractivity contribution in [2.45, 2.75) is 25.7 Å². The predicted octanol–water partition coefficient (Wildman–Crippen LogP) is 4.87. The largest absolute Gasteiger partial charge is 0.354 e. The Morgan fingerprint density at radius 3 is 2.61 bits per heavy atom. The first-order chi connectivity index (χ1) is 8.90. The highest BCUT2D eigenvalue weighted by atomic mass is 14.7. The number of nitrogens with one attached hydrogen (secondary N) is 1. The summed E-state index contributed by atoms with van der Waals surface area (Å²) in [5.74, 6) is 0. The minimum atomic E-state index is 1.03. The van der Waals surface area contributed by atoms with E-state index in [4.69, 9.17) is 0 Å². The number of rotatable bonds is 4. The van der Waals surface area contributed by atoms with Crippen LogP contribution in [0.2, 0.25) is 0 Å². The van der Waals surface area contributed by atoms with Crippen molar-refractivity contribution in [2.75, 3.05) is 0 Å². The van der Waals surface area contributed by atoms with Gasteiger partial charge in [-0.3, -0.25) is 0 Å². The molecule has 1 radical (unpaired) electrons. The third-order valence-electron chi connectivity index (χ3n) is 3.57. The van der Waals surface area contributed by atoms with Crippen molar-refractivity contribution in [1.29, 1.82) is 0 Å². The van der Waals surface area contributed by atoms with Gasteiger partial charge in [0, 0.05) is 21.8 Å². The van der Waals surface area contributed by atoms with Crippen molar-refractivity contribution in [1.82, 2.24) is 4.98 Å². The molecule has 0 aliphatic rings. The van der Waals surface area contributed by atoms with Gasteiger partial charge < -0.3 is 4.98 Å². The molecule has 0 aliphatic carbocycles. The number of unbranched alkanes of at least 4 members (excludes halogenated alkanes) is 2. The molecule has 1 N–H and O–H groups in total. The van der Waals surface area contributed by atoms with Crippen LogP contribution in [-0.2, 0) is 6.42 Å². The molecular weight excluding hydrogens is 218 g/mol. The SMILES string of the molecule is [CH2]CCCCc1cccc2c1[nH]c1ccccc12. The zero-order valence-electron chi connectivity index (χ0n) is 10.6. The number of aryl methyl sites for hydroxylation is 1. The zero-order chi connectivity index (χ0) is 12.4. The molecule has 1 aromatic heterocycles. The van der Waals surface area contributed by atoms with Gasteiger partial charge in [0.2, 0.25) is 0 Å². The number of H-pyrrole nitrogens is 1. The zero-order valence-corrected chi connectivity index (χ0v) is 10.6. The van der Waals surface area contributed by atoms with Crippen LogP contribution in [0.5, 0.6) is 0 Å². The number of hydrogen-bond donors (Lipinski definition) is 1. The van der Waals surface area contributed by atoms with E-state index < -0.39 is 0 Å². The standard InChI is InChI=1S/C17H18N/c1-2-3-4-8-13-9-7-11-15-14-10-5-6-12-16(14)18-17(13)15/h5-7,9-12,18H,1-4,8H2. The van der Waals surface area contributed by atoms with Crippen molar-refractivity contribution in [3.05, 3.63) is 55.0 Å². The van der Waals surface area contributed by atoms with Crippen LogP contribution in [0.25, 0.3) is 21.8 Å². The fourth-order valence-corrected chi connectivity index (χ4v) is 2.63. The molecule has 0 saturated heterocycles. The van der Waals surface area contributed by atoms with Gasteiger partial charge in [-0.15, -0.1) is 0 Å². The summed E-state index contributed by atoms with van der Waals surface area (Å²) in [5, 5.41) is 2.67. The highest BCUT2D eigenvalue weighted by molar-refractivity contribution is 6.08. The fourth-order valence-electron chi connectivity index (χ4n) is 2.63. The van der Waals surface area contributed by atoms with Gasteiger partial charge in [-0.1, -0.05) is 56.2 Å². The Balaban J connectivity index is 2.09. The Labute approximate surface area is 108 Å². The molecular formula is C17H18N. The lowest BCUT2D eigenvalue weighted by Gasteiger charge is -2.02. The Morgan fingerprint density at radius 1 is 0.889 bits per heavy atom. The lowest BCUT2D eigenvalue weighted by molar-refractivity contribution is 0.748. The Hall–Kier alpha value is -1.76. The van der Waals surface area contributed by atoms with E-state index in [0.29, 0.717) is 0 Å².